The van der Waals surface area contributed by atoms with Crippen LogP contribution in [0.3, 0.4) is 0 Å². The third kappa shape index (κ3) is 5.07. The first-order chi connectivity index (χ1) is 11.1. The van der Waals surface area contributed by atoms with Gasteiger partial charge in [0, 0.05) is 0 Å². The van der Waals surface area contributed by atoms with Crippen molar-refractivity contribution < 1.29 is 19.1 Å². The van der Waals surface area contributed by atoms with Crippen molar-refractivity contribution in [1.29, 1.82) is 0 Å². The van der Waals surface area contributed by atoms with Crippen molar-refractivity contribution in [3.63, 3.8) is 0 Å². The van der Waals surface area contributed by atoms with Crippen LogP contribution in [0.25, 0.3) is 6.08 Å². The van der Waals surface area contributed by atoms with Crippen molar-refractivity contribution >= 4 is 33.9 Å². The third-order valence-corrected chi connectivity index (χ3v) is 3.59. The van der Waals surface area contributed by atoms with E-state index >= 15 is 0 Å². The zero-order chi connectivity index (χ0) is 16.7. The van der Waals surface area contributed by atoms with E-state index in [1.54, 1.807) is 30.3 Å². The van der Waals surface area contributed by atoms with Gasteiger partial charge in [-0.3, -0.25) is 0 Å². The lowest BCUT2D eigenvalue weighted by Crippen LogP contribution is -2.04. The molecule has 2 rings (SSSR count). The van der Waals surface area contributed by atoms with E-state index in [4.69, 9.17) is 4.74 Å². The van der Waals surface area contributed by atoms with Gasteiger partial charge in [-0.05, 0) is 45.3 Å². The van der Waals surface area contributed by atoms with Gasteiger partial charge >= 0.3 is 11.9 Å². The zero-order valence-electron chi connectivity index (χ0n) is 12.5. The Labute approximate surface area is 142 Å². The highest BCUT2D eigenvalue weighted by Crippen LogP contribution is 2.16. The average molecular weight is 375 g/mol. The molecule has 0 unspecified atom stereocenters. The van der Waals surface area contributed by atoms with Crippen molar-refractivity contribution in [1.82, 2.24) is 0 Å². The van der Waals surface area contributed by atoms with E-state index in [1.807, 2.05) is 30.3 Å². The van der Waals surface area contributed by atoms with E-state index in [2.05, 4.69) is 20.7 Å². The summed E-state index contributed by atoms with van der Waals surface area (Å²) >= 11 is 3.21. The Morgan fingerprint density at radius 1 is 1.04 bits per heavy atom. The summed E-state index contributed by atoms with van der Waals surface area (Å²) in [7, 11) is 1.33. The maximum absolute atomic E-state index is 11.9. The number of methoxy groups -OCH3 is 1. The summed E-state index contributed by atoms with van der Waals surface area (Å²) in [6, 6.07) is 16.1. The summed E-state index contributed by atoms with van der Waals surface area (Å²) in [6.07, 6.45) is 1.63. The van der Waals surface area contributed by atoms with Gasteiger partial charge in [0.2, 0.25) is 0 Å². The summed E-state index contributed by atoms with van der Waals surface area (Å²) in [5.41, 5.74) is 2.14. The van der Waals surface area contributed by atoms with E-state index in [0.717, 1.165) is 11.1 Å². The smallest absolute Gasteiger partial charge is 0.345 e. The normalized spacial score (nSPS) is 11.0. The zero-order valence-corrected chi connectivity index (χ0v) is 14.1. The number of carbonyl (C=O) groups excluding carboxylic acids is 2. The lowest BCUT2D eigenvalue weighted by molar-refractivity contribution is -0.139. The van der Waals surface area contributed by atoms with Gasteiger partial charge in [0.25, 0.3) is 0 Å². The minimum Gasteiger partial charge on any atom is -0.465 e. The quantitative estimate of drug-likeness (QED) is 0.587. The number of esters is 2. The minimum absolute atomic E-state index is 0.212. The Bertz CT molecular complexity index is 706. The van der Waals surface area contributed by atoms with Crippen LogP contribution < -0.4 is 0 Å². The molecular weight excluding hydrogens is 360 g/mol. The predicted molar refractivity (Wildman–Crippen MR) is 90.9 cm³/mol. The van der Waals surface area contributed by atoms with Crippen LogP contribution in [0, 0.1) is 0 Å². The van der Waals surface area contributed by atoms with Crippen molar-refractivity contribution in [3.05, 3.63) is 75.8 Å². The number of benzene rings is 2. The van der Waals surface area contributed by atoms with Crippen LogP contribution in [0.4, 0.5) is 0 Å². The molecule has 0 bridgehead atoms. The van der Waals surface area contributed by atoms with E-state index < -0.39 is 11.9 Å². The molecule has 0 saturated heterocycles. The van der Waals surface area contributed by atoms with Crippen LogP contribution in [-0.2, 0) is 20.9 Å². The molecule has 0 fully saturated rings. The van der Waals surface area contributed by atoms with Gasteiger partial charge in [0.1, 0.15) is 11.1 Å². The number of halogens is 1. The molecule has 0 saturated carbocycles. The molecule has 0 aliphatic carbocycles. The van der Waals surface area contributed by atoms with E-state index in [0.29, 0.717) is 10.0 Å². The van der Waals surface area contributed by atoms with Crippen molar-refractivity contribution in [2.75, 3.05) is 7.11 Å². The fourth-order valence-corrected chi connectivity index (χ4v) is 2.21. The maximum atomic E-state index is 11.9. The lowest BCUT2D eigenvalue weighted by atomic mass is 10.1. The van der Waals surface area contributed by atoms with Crippen LogP contribution >= 0.6 is 15.9 Å². The lowest BCUT2D eigenvalue weighted by Gasteiger charge is -2.04. The molecule has 0 amide bonds. The molecule has 0 atom stereocenters. The number of rotatable bonds is 5. The van der Waals surface area contributed by atoms with Gasteiger partial charge < -0.3 is 9.47 Å². The minimum atomic E-state index is -0.453. The van der Waals surface area contributed by atoms with Crippen molar-refractivity contribution in [2.24, 2.45) is 0 Å². The summed E-state index contributed by atoms with van der Waals surface area (Å²) < 4.78 is 10.1. The number of hydrogen-bond acceptors (Lipinski definition) is 4. The second kappa shape index (κ2) is 8.29. The molecule has 23 heavy (non-hydrogen) atoms. The molecule has 4 nitrogen and oxygen atoms in total. The molecule has 0 heterocycles. The monoisotopic (exact) mass is 374 g/mol. The van der Waals surface area contributed by atoms with Gasteiger partial charge in [-0.15, -0.1) is 0 Å². The maximum Gasteiger partial charge on any atom is 0.345 e. The first kappa shape index (κ1) is 17.0. The average Bonchev–Trinajstić information content (AvgIpc) is 2.60. The Kier molecular flexibility index (Phi) is 6.11. The number of hydrogen-bond donors (Lipinski definition) is 0. The number of ether oxygens (including phenoxy) is 2. The molecule has 2 aromatic carbocycles. The fraction of sp³-hybridized carbons (Fsp3) is 0.111. The number of carbonyl (C=O) groups is 2. The molecule has 0 aliphatic heterocycles. The SMILES string of the molecule is COC(=O)c1ccc(/C=C(/Br)C(=O)OCc2ccccc2)cc1. The van der Waals surface area contributed by atoms with Crippen LogP contribution in [0.2, 0.25) is 0 Å². The van der Waals surface area contributed by atoms with Crippen LogP contribution in [0.15, 0.2) is 59.1 Å². The van der Waals surface area contributed by atoms with Crippen LogP contribution in [-0.4, -0.2) is 19.0 Å². The molecule has 0 aromatic heterocycles. The van der Waals surface area contributed by atoms with E-state index in [-0.39, 0.29) is 6.61 Å². The Morgan fingerprint density at radius 3 is 2.30 bits per heavy atom. The summed E-state index contributed by atoms with van der Waals surface area (Å²) in [4.78, 5) is 23.3. The molecule has 0 N–H and O–H groups in total. The summed E-state index contributed by atoms with van der Waals surface area (Å²) in [5, 5.41) is 0. The standard InChI is InChI=1S/C18H15BrO4/c1-22-17(20)15-9-7-13(8-10-15)11-16(19)18(21)23-12-14-5-3-2-4-6-14/h2-11H,12H2,1H3/b16-11+. The van der Waals surface area contributed by atoms with Crippen molar-refractivity contribution in [3.8, 4) is 0 Å². The van der Waals surface area contributed by atoms with E-state index in [9.17, 15) is 9.59 Å². The Morgan fingerprint density at radius 2 is 1.70 bits per heavy atom. The largest absolute Gasteiger partial charge is 0.465 e. The van der Waals surface area contributed by atoms with Gasteiger partial charge in [0.15, 0.2) is 0 Å². The van der Waals surface area contributed by atoms with Gasteiger partial charge in [0.05, 0.1) is 12.7 Å². The highest BCUT2D eigenvalue weighted by molar-refractivity contribution is 9.12. The Balaban J connectivity index is 1.98. The summed E-state index contributed by atoms with van der Waals surface area (Å²) in [6.45, 7) is 0.212. The first-order valence-electron chi connectivity index (χ1n) is 6.87. The van der Waals surface area contributed by atoms with E-state index in [1.165, 1.54) is 7.11 Å². The van der Waals surface area contributed by atoms with Gasteiger partial charge in [-0.2, -0.15) is 0 Å². The first-order valence-corrected chi connectivity index (χ1v) is 7.66. The predicted octanol–water partition coefficient (Wildman–Crippen LogP) is 3.95. The summed E-state index contributed by atoms with van der Waals surface area (Å²) in [5.74, 6) is -0.854. The second-order valence-corrected chi connectivity index (χ2v) is 5.52. The molecule has 118 valence electrons. The molecular formula is C18H15BrO4. The van der Waals surface area contributed by atoms with Crippen LogP contribution in [0.1, 0.15) is 21.5 Å². The second-order valence-electron chi connectivity index (χ2n) is 4.67. The van der Waals surface area contributed by atoms with Crippen LogP contribution in [0.5, 0.6) is 0 Å². The highest BCUT2D eigenvalue weighted by atomic mass is 79.9. The Hall–Kier alpha value is -2.40. The topological polar surface area (TPSA) is 52.6 Å². The molecule has 5 heteroatoms. The van der Waals surface area contributed by atoms with Gasteiger partial charge in [-0.1, -0.05) is 42.5 Å². The fourth-order valence-electron chi connectivity index (χ4n) is 1.83. The molecule has 0 spiro atoms. The molecule has 0 aliphatic rings. The third-order valence-electron chi connectivity index (χ3n) is 3.03. The molecule has 2 aromatic rings. The van der Waals surface area contributed by atoms with Crippen molar-refractivity contribution in [2.45, 2.75) is 6.61 Å². The molecule has 0 radical (unpaired) electrons. The van der Waals surface area contributed by atoms with Gasteiger partial charge in [-0.25, -0.2) is 9.59 Å². The highest BCUT2D eigenvalue weighted by Gasteiger charge is 2.09.